The van der Waals surface area contributed by atoms with E-state index < -0.39 is 0 Å². The van der Waals surface area contributed by atoms with Crippen molar-refractivity contribution in [3.05, 3.63) is 0 Å². The molecule has 0 aromatic rings. The molecule has 1 N–H and O–H groups in total. The summed E-state index contributed by atoms with van der Waals surface area (Å²) in [6, 6.07) is 0. The Morgan fingerprint density at radius 2 is 2.50 bits per heavy atom. The van der Waals surface area contributed by atoms with E-state index in [1.165, 1.54) is 6.42 Å². The van der Waals surface area contributed by atoms with Gasteiger partial charge in [-0.2, -0.15) is 0 Å². The van der Waals surface area contributed by atoms with Crippen LogP contribution >= 0.6 is 11.8 Å². The summed E-state index contributed by atoms with van der Waals surface area (Å²) in [5.41, 5.74) is 0. The lowest BCUT2D eigenvalue weighted by molar-refractivity contribution is -0.124. The minimum atomic E-state index is -0.160. The monoisotopic (exact) mass is 185 g/mol. The van der Waals surface area contributed by atoms with Crippen LogP contribution in [0, 0.1) is 5.92 Å². The minimum Gasteiger partial charge on any atom is -0.297 e. The van der Waals surface area contributed by atoms with Crippen LogP contribution in [-0.4, -0.2) is 23.0 Å². The first-order valence-corrected chi connectivity index (χ1v) is 5.64. The molecule has 1 saturated heterocycles. The summed E-state index contributed by atoms with van der Waals surface area (Å²) in [6.45, 7) is 3.18. The second-order valence-electron chi connectivity index (χ2n) is 3.87. The summed E-state index contributed by atoms with van der Waals surface area (Å²) in [4.78, 5) is 11.6. The van der Waals surface area contributed by atoms with Crippen molar-refractivity contribution in [2.45, 2.75) is 31.1 Å². The zero-order valence-corrected chi connectivity index (χ0v) is 8.25. The first kappa shape index (κ1) is 8.57. The minimum absolute atomic E-state index is 0.160. The fourth-order valence-electron chi connectivity index (χ4n) is 2.04. The van der Waals surface area contributed by atoms with Gasteiger partial charge in [0, 0.05) is 18.7 Å². The van der Waals surface area contributed by atoms with Crippen molar-refractivity contribution in [1.29, 1.82) is 0 Å². The fourth-order valence-corrected chi connectivity index (χ4v) is 3.30. The Kier molecular flexibility index (Phi) is 2.17. The number of thioether (sulfide) groups is 1. The highest BCUT2D eigenvalue weighted by Gasteiger charge is 2.44. The number of hydrogen-bond donors (Lipinski definition) is 1. The van der Waals surface area contributed by atoms with Crippen LogP contribution in [0.3, 0.4) is 0 Å². The van der Waals surface area contributed by atoms with E-state index >= 15 is 0 Å². The third kappa shape index (κ3) is 1.29. The highest BCUT2D eigenvalue weighted by Crippen LogP contribution is 2.39. The smallest absolute Gasteiger partial charge is 0.163 e. The van der Waals surface area contributed by atoms with Crippen LogP contribution in [0.25, 0.3) is 0 Å². The highest BCUT2D eigenvalue weighted by molar-refractivity contribution is 8.01. The fraction of sp³-hybridized carbons (Fsp3) is 0.889. The third-order valence-electron chi connectivity index (χ3n) is 2.83. The van der Waals surface area contributed by atoms with Crippen molar-refractivity contribution in [1.82, 2.24) is 5.32 Å². The van der Waals surface area contributed by atoms with Gasteiger partial charge in [0.2, 0.25) is 0 Å². The van der Waals surface area contributed by atoms with Crippen molar-refractivity contribution < 1.29 is 4.79 Å². The maximum Gasteiger partial charge on any atom is 0.163 e. The number of ketones is 1. The van der Waals surface area contributed by atoms with Crippen LogP contribution in [0.15, 0.2) is 0 Å². The molecule has 1 heterocycles. The molecule has 2 atom stereocenters. The third-order valence-corrected chi connectivity index (χ3v) is 4.31. The number of rotatable bonds is 0. The van der Waals surface area contributed by atoms with Gasteiger partial charge in [-0.25, -0.2) is 0 Å². The predicted molar refractivity (Wildman–Crippen MR) is 51.2 cm³/mol. The molecule has 0 amide bonds. The van der Waals surface area contributed by atoms with Crippen molar-refractivity contribution in [2.24, 2.45) is 5.92 Å². The van der Waals surface area contributed by atoms with Gasteiger partial charge in [0.1, 0.15) is 4.87 Å². The SMILES string of the molecule is CC1CCC2(NCCS2)C(=O)C1. The molecule has 1 spiro atoms. The Balaban J connectivity index is 2.11. The molecule has 2 aliphatic rings. The first-order valence-electron chi connectivity index (χ1n) is 4.65. The van der Waals surface area contributed by atoms with Crippen LogP contribution in [0.5, 0.6) is 0 Å². The lowest BCUT2D eigenvalue weighted by Crippen LogP contribution is -2.48. The molecule has 1 aliphatic heterocycles. The normalized spacial score (nSPS) is 42.4. The Morgan fingerprint density at radius 3 is 3.08 bits per heavy atom. The Labute approximate surface area is 77.5 Å². The number of carbonyl (C=O) groups is 1. The van der Waals surface area contributed by atoms with E-state index in [4.69, 9.17) is 0 Å². The quantitative estimate of drug-likeness (QED) is 0.618. The van der Waals surface area contributed by atoms with E-state index in [0.29, 0.717) is 11.7 Å². The second kappa shape index (κ2) is 3.04. The van der Waals surface area contributed by atoms with Gasteiger partial charge in [0.05, 0.1) is 0 Å². The molecule has 0 aromatic carbocycles. The summed E-state index contributed by atoms with van der Waals surface area (Å²) in [6.07, 6.45) is 3.02. The molecule has 2 fully saturated rings. The summed E-state index contributed by atoms with van der Waals surface area (Å²) in [5.74, 6) is 2.13. The number of nitrogens with one attached hydrogen (secondary N) is 1. The maximum atomic E-state index is 11.7. The molecular weight excluding hydrogens is 170 g/mol. The van der Waals surface area contributed by atoms with E-state index in [-0.39, 0.29) is 4.87 Å². The molecule has 1 aliphatic carbocycles. The lowest BCUT2D eigenvalue weighted by Gasteiger charge is -2.33. The molecule has 0 radical (unpaired) electrons. The van der Waals surface area contributed by atoms with Crippen LogP contribution in [0.2, 0.25) is 0 Å². The molecule has 0 bridgehead atoms. The van der Waals surface area contributed by atoms with Gasteiger partial charge in [-0.05, 0) is 18.8 Å². The van der Waals surface area contributed by atoms with E-state index in [2.05, 4.69) is 12.2 Å². The summed E-state index contributed by atoms with van der Waals surface area (Å²) >= 11 is 1.82. The largest absolute Gasteiger partial charge is 0.297 e. The second-order valence-corrected chi connectivity index (χ2v) is 5.27. The number of carbonyl (C=O) groups excluding carboxylic acids is 1. The predicted octanol–water partition coefficient (Wildman–Crippen LogP) is 1.41. The van der Waals surface area contributed by atoms with Crippen LogP contribution in [-0.2, 0) is 4.79 Å². The van der Waals surface area contributed by atoms with Crippen LogP contribution in [0.4, 0.5) is 0 Å². The Morgan fingerprint density at radius 1 is 1.67 bits per heavy atom. The van der Waals surface area contributed by atoms with Gasteiger partial charge in [-0.15, -0.1) is 11.8 Å². The number of hydrogen-bond acceptors (Lipinski definition) is 3. The van der Waals surface area contributed by atoms with Crippen molar-refractivity contribution in [3.8, 4) is 0 Å². The van der Waals surface area contributed by atoms with Gasteiger partial charge < -0.3 is 0 Å². The van der Waals surface area contributed by atoms with Gasteiger partial charge in [-0.1, -0.05) is 6.92 Å². The van der Waals surface area contributed by atoms with Crippen LogP contribution in [0.1, 0.15) is 26.2 Å². The summed E-state index contributed by atoms with van der Waals surface area (Å²) in [5, 5.41) is 3.36. The van der Waals surface area contributed by atoms with Crippen molar-refractivity contribution in [3.63, 3.8) is 0 Å². The lowest BCUT2D eigenvalue weighted by atomic mass is 9.86. The molecule has 3 heteroatoms. The zero-order chi connectivity index (χ0) is 8.60. The van der Waals surface area contributed by atoms with E-state index in [9.17, 15) is 4.79 Å². The highest BCUT2D eigenvalue weighted by atomic mass is 32.2. The topological polar surface area (TPSA) is 29.1 Å². The maximum absolute atomic E-state index is 11.7. The molecule has 2 nitrogen and oxygen atoms in total. The van der Waals surface area contributed by atoms with Crippen molar-refractivity contribution >= 4 is 17.5 Å². The van der Waals surface area contributed by atoms with Gasteiger partial charge in [0.15, 0.2) is 5.78 Å². The van der Waals surface area contributed by atoms with Gasteiger partial charge in [0.25, 0.3) is 0 Å². The van der Waals surface area contributed by atoms with Gasteiger partial charge in [-0.3, -0.25) is 10.1 Å². The molecule has 68 valence electrons. The zero-order valence-electron chi connectivity index (χ0n) is 7.43. The molecule has 2 rings (SSSR count). The van der Waals surface area contributed by atoms with Crippen molar-refractivity contribution in [2.75, 3.05) is 12.3 Å². The summed E-state index contributed by atoms with van der Waals surface area (Å²) < 4.78 is 0. The molecule has 1 saturated carbocycles. The average Bonchev–Trinajstić information content (AvgIpc) is 2.48. The first-order chi connectivity index (χ1) is 5.73. The standard InChI is InChI=1S/C9H15NOS/c1-7-2-3-9(8(11)6-7)10-4-5-12-9/h7,10H,2-6H2,1H3. The van der Waals surface area contributed by atoms with Gasteiger partial charge >= 0.3 is 0 Å². The number of Topliss-reactive ketones (excluding diaryl/α,β-unsaturated/α-hetero) is 1. The van der Waals surface area contributed by atoms with E-state index in [0.717, 1.165) is 25.1 Å². The van der Waals surface area contributed by atoms with Crippen LogP contribution < -0.4 is 5.32 Å². The van der Waals surface area contributed by atoms with E-state index in [1.54, 1.807) is 0 Å². The average molecular weight is 185 g/mol. The van der Waals surface area contributed by atoms with E-state index in [1.807, 2.05) is 11.8 Å². The Bertz CT molecular complexity index is 199. The molecule has 2 unspecified atom stereocenters. The Hall–Kier alpha value is -0.0200. The summed E-state index contributed by atoms with van der Waals surface area (Å²) in [7, 11) is 0. The molecule has 12 heavy (non-hydrogen) atoms. The molecule has 0 aromatic heterocycles. The molecular formula is C9H15NOS.